The standard InChI is InChI=1S/C30H23F6N3O5/c31-29(32,33)39-22-7-1-18(2-8-22)25-16-38-26(19-3-11-24(12-4-19)44-30(34,35)36)15-21(25)17-43-23-9-5-20(6-10-23)28(42)37-14-13-27(40)41/h1-12,15-16,39H,13-14,17H2,(H,37,42)(H,40,41). The summed E-state index contributed by atoms with van der Waals surface area (Å²) >= 11 is 0. The molecule has 0 fully saturated rings. The number of pyridine rings is 1. The molecule has 14 heteroatoms. The van der Waals surface area contributed by atoms with Crippen molar-refractivity contribution in [3.63, 3.8) is 0 Å². The van der Waals surface area contributed by atoms with Gasteiger partial charge in [0.2, 0.25) is 0 Å². The number of halogens is 6. The Balaban J connectivity index is 1.57. The van der Waals surface area contributed by atoms with Crippen molar-refractivity contribution in [2.45, 2.75) is 25.7 Å². The molecule has 0 aliphatic rings. The average Bonchev–Trinajstić information content (AvgIpc) is 2.95. The van der Waals surface area contributed by atoms with Crippen LogP contribution in [0.15, 0.2) is 85.1 Å². The third-order valence-corrected chi connectivity index (χ3v) is 5.99. The minimum Gasteiger partial charge on any atom is -0.489 e. The van der Waals surface area contributed by atoms with E-state index in [2.05, 4.69) is 15.0 Å². The molecule has 1 heterocycles. The summed E-state index contributed by atoms with van der Waals surface area (Å²) in [6, 6.07) is 18.2. The lowest BCUT2D eigenvalue weighted by atomic mass is 9.99. The number of anilines is 1. The maximum absolute atomic E-state index is 12.7. The highest BCUT2D eigenvalue weighted by Crippen LogP contribution is 2.31. The molecule has 8 nitrogen and oxygen atoms in total. The first-order valence-corrected chi connectivity index (χ1v) is 12.8. The van der Waals surface area contributed by atoms with Crippen LogP contribution in [0.25, 0.3) is 22.4 Å². The number of carboxylic acids is 1. The number of benzene rings is 3. The van der Waals surface area contributed by atoms with Crippen LogP contribution in [0.3, 0.4) is 0 Å². The lowest BCUT2D eigenvalue weighted by Gasteiger charge is -2.15. The molecule has 4 rings (SSSR count). The molecule has 0 spiro atoms. The van der Waals surface area contributed by atoms with E-state index in [1.807, 2.05) is 0 Å². The van der Waals surface area contributed by atoms with Gasteiger partial charge in [0.15, 0.2) is 0 Å². The minimum atomic E-state index is -4.85. The van der Waals surface area contributed by atoms with E-state index < -0.39 is 30.3 Å². The van der Waals surface area contributed by atoms with Gasteiger partial charge in [0.1, 0.15) is 18.1 Å². The van der Waals surface area contributed by atoms with E-state index in [0.717, 1.165) is 12.1 Å². The van der Waals surface area contributed by atoms with Gasteiger partial charge >= 0.3 is 18.6 Å². The van der Waals surface area contributed by atoms with Gasteiger partial charge in [-0.05, 0) is 72.3 Å². The zero-order chi connectivity index (χ0) is 31.9. The van der Waals surface area contributed by atoms with E-state index in [4.69, 9.17) is 9.84 Å². The largest absolute Gasteiger partial charge is 0.573 e. The zero-order valence-electron chi connectivity index (χ0n) is 22.5. The van der Waals surface area contributed by atoms with Crippen LogP contribution in [-0.2, 0) is 11.4 Å². The molecule has 4 aromatic rings. The number of hydrogen-bond donors (Lipinski definition) is 3. The fourth-order valence-corrected chi connectivity index (χ4v) is 4.01. The Morgan fingerprint density at radius 2 is 1.43 bits per heavy atom. The van der Waals surface area contributed by atoms with Gasteiger partial charge in [-0.2, -0.15) is 13.2 Å². The number of ether oxygens (including phenoxy) is 2. The van der Waals surface area contributed by atoms with E-state index in [0.29, 0.717) is 33.7 Å². The molecule has 1 aromatic heterocycles. The summed E-state index contributed by atoms with van der Waals surface area (Å²) in [5, 5.41) is 12.6. The van der Waals surface area contributed by atoms with Crippen molar-refractivity contribution < 1.29 is 50.5 Å². The number of carboxylic acid groups (broad SMARTS) is 1. The lowest BCUT2D eigenvalue weighted by molar-refractivity contribution is -0.274. The molecule has 230 valence electrons. The maximum Gasteiger partial charge on any atom is 0.573 e. The topological polar surface area (TPSA) is 110 Å². The molecule has 1 amide bonds. The van der Waals surface area contributed by atoms with E-state index in [-0.39, 0.29) is 30.8 Å². The molecular weight excluding hydrogens is 596 g/mol. The molecule has 3 aromatic carbocycles. The van der Waals surface area contributed by atoms with Crippen LogP contribution in [0, 0.1) is 0 Å². The second-order valence-electron chi connectivity index (χ2n) is 9.21. The van der Waals surface area contributed by atoms with Gasteiger partial charge in [-0.3, -0.25) is 19.9 Å². The van der Waals surface area contributed by atoms with Crippen molar-refractivity contribution in [1.82, 2.24) is 10.3 Å². The van der Waals surface area contributed by atoms with E-state index in [1.54, 1.807) is 6.07 Å². The van der Waals surface area contributed by atoms with Crippen molar-refractivity contribution >= 4 is 17.6 Å². The van der Waals surface area contributed by atoms with Crippen LogP contribution < -0.4 is 20.1 Å². The summed E-state index contributed by atoms with van der Waals surface area (Å²) in [7, 11) is 0. The van der Waals surface area contributed by atoms with Gasteiger partial charge in [0.25, 0.3) is 5.91 Å². The molecule has 0 aliphatic heterocycles. The minimum absolute atomic E-state index is 0.0368. The third kappa shape index (κ3) is 9.37. The van der Waals surface area contributed by atoms with E-state index >= 15 is 0 Å². The van der Waals surface area contributed by atoms with Crippen molar-refractivity contribution in [2.24, 2.45) is 0 Å². The number of alkyl halides is 6. The van der Waals surface area contributed by atoms with Crippen LogP contribution in [0.1, 0.15) is 22.3 Å². The monoisotopic (exact) mass is 619 g/mol. The maximum atomic E-state index is 12.7. The molecular formula is C30H23F6N3O5. The Bertz CT molecular complexity index is 1590. The van der Waals surface area contributed by atoms with Gasteiger partial charge in [0, 0.05) is 40.7 Å². The summed E-state index contributed by atoms with van der Waals surface area (Å²) in [4.78, 5) is 27.2. The predicted molar refractivity (Wildman–Crippen MR) is 147 cm³/mol. The first-order valence-electron chi connectivity index (χ1n) is 12.8. The van der Waals surface area contributed by atoms with Gasteiger partial charge in [-0.25, -0.2) is 0 Å². The number of hydrogen-bond acceptors (Lipinski definition) is 6. The van der Waals surface area contributed by atoms with Gasteiger partial charge in [0.05, 0.1) is 12.1 Å². The average molecular weight is 620 g/mol. The molecule has 0 unspecified atom stereocenters. The van der Waals surface area contributed by atoms with Crippen LogP contribution in [0.2, 0.25) is 0 Å². The first kappa shape index (κ1) is 31.7. The number of carbonyl (C=O) groups excluding carboxylic acids is 1. The normalized spacial score (nSPS) is 11.5. The zero-order valence-corrected chi connectivity index (χ0v) is 22.5. The van der Waals surface area contributed by atoms with Crippen LogP contribution in [0.4, 0.5) is 32.0 Å². The quantitative estimate of drug-likeness (QED) is 0.122. The number of aromatic nitrogens is 1. The number of nitrogens with one attached hydrogen (secondary N) is 2. The smallest absolute Gasteiger partial charge is 0.489 e. The number of aliphatic carboxylic acids is 1. The fraction of sp³-hybridized carbons (Fsp3) is 0.167. The van der Waals surface area contributed by atoms with Gasteiger partial charge < -0.3 is 19.9 Å². The van der Waals surface area contributed by atoms with Crippen LogP contribution in [-0.4, -0.2) is 41.2 Å². The highest BCUT2D eigenvalue weighted by Gasteiger charge is 2.31. The Kier molecular flexibility index (Phi) is 9.61. The molecule has 0 aliphatic carbocycles. The molecule has 44 heavy (non-hydrogen) atoms. The summed E-state index contributed by atoms with van der Waals surface area (Å²) in [6.45, 7) is -0.0856. The number of nitrogens with zero attached hydrogens (tertiary/aromatic N) is 1. The second kappa shape index (κ2) is 13.4. The van der Waals surface area contributed by atoms with Gasteiger partial charge in [-0.1, -0.05) is 12.1 Å². The van der Waals surface area contributed by atoms with Crippen molar-refractivity contribution in [3.8, 4) is 33.9 Å². The van der Waals surface area contributed by atoms with Crippen molar-refractivity contribution in [2.75, 3.05) is 11.9 Å². The van der Waals surface area contributed by atoms with Gasteiger partial charge in [-0.15, -0.1) is 13.2 Å². The Hall–Kier alpha value is -5.27. The van der Waals surface area contributed by atoms with E-state index in [1.165, 1.54) is 72.2 Å². The molecule has 0 bridgehead atoms. The Morgan fingerprint density at radius 1 is 0.818 bits per heavy atom. The summed E-state index contributed by atoms with van der Waals surface area (Å²) in [5.41, 5.74) is 2.57. The molecule has 0 saturated carbocycles. The number of rotatable bonds is 11. The fourth-order valence-electron chi connectivity index (χ4n) is 4.01. The highest BCUT2D eigenvalue weighted by atomic mass is 19.4. The highest BCUT2D eigenvalue weighted by molar-refractivity contribution is 5.94. The van der Waals surface area contributed by atoms with E-state index in [9.17, 15) is 35.9 Å². The molecule has 0 atom stereocenters. The number of amides is 1. The summed E-state index contributed by atoms with van der Waals surface area (Å²) in [6.07, 6.45) is -8.21. The lowest BCUT2D eigenvalue weighted by Crippen LogP contribution is -2.25. The second-order valence-corrected chi connectivity index (χ2v) is 9.21. The van der Waals surface area contributed by atoms with Crippen molar-refractivity contribution in [1.29, 1.82) is 0 Å². The SMILES string of the molecule is O=C(O)CCNC(=O)c1ccc(OCc2cc(-c3ccc(OC(F)(F)F)cc3)ncc2-c2ccc(NC(F)(F)F)cc2)cc1. The first-order chi connectivity index (χ1) is 20.8. The molecule has 0 radical (unpaired) electrons. The third-order valence-electron chi connectivity index (χ3n) is 5.99. The van der Waals surface area contributed by atoms with Crippen LogP contribution in [0.5, 0.6) is 11.5 Å². The number of carbonyl (C=O) groups is 2. The predicted octanol–water partition coefficient (Wildman–Crippen LogP) is 7.03. The Labute approximate surface area is 246 Å². The summed E-state index contributed by atoms with van der Waals surface area (Å²) < 4.78 is 85.6. The van der Waals surface area contributed by atoms with Crippen molar-refractivity contribution in [3.05, 3.63) is 96.2 Å². The molecule has 3 N–H and O–H groups in total. The van der Waals surface area contributed by atoms with Crippen LogP contribution >= 0.6 is 0 Å². The Morgan fingerprint density at radius 3 is 2.02 bits per heavy atom. The molecule has 0 saturated heterocycles. The summed E-state index contributed by atoms with van der Waals surface area (Å²) in [5.74, 6) is -1.55.